The Kier molecular flexibility index (Phi) is 4.40. The summed E-state index contributed by atoms with van der Waals surface area (Å²) >= 11 is 6.25. The molecule has 0 saturated heterocycles. The Morgan fingerprint density at radius 2 is 1.72 bits per heavy atom. The fraction of sp³-hybridized carbons (Fsp3) is 0.250. The second-order valence-electron chi connectivity index (χ2n) is 4.55. The smallest absolute Gasteiger partial charge is 0.0453 e. The molecule has 94 valence electrons. The first-order chi connectivity index (χ1) is 8.70. The first kappa shape index (κ1) is 13.1. The van der Waals surface area contributed by atoms with Gasteiger partial charge in [0.2, 0.25) is 0 Å². The summed E-state index contributed by atoms with van der Waals surface area (Å²) in [4.78, 5) is 0. The largest absolute Gasteiger partial charge is 0.313 e. The van der Waals surface area contributed by atoms with Gasteiger partial charge in [-0.25, -0.2) is 0 Å². The SMILES string of the molecule is CNC(Cc1ccc(C)cc1)c1ccccc1Cl. The molecular weight excluding hydrogens is 242 g/mol. The summed E-state index contributed by atoms with van der Waals surface area (Å²) in [6, 6.07) is 16.9. The van der Waals surface area contributed by atoms with Crippen molar-refractivity contribution >= 4 is 11.6 Å². The highest BCUT2D eigenvalue weighted by atomic mass is 35.5. The van der Waals surface area contributed by atoms with E-state index in [9.17, 15) is 0 Å². The average Bonchev–Trinajstić information content (AvgIpc) is 2.39. The van der Waals surface area contributed by atoms with E-state index in [0.29, 0.717) is 0 Å². The van der Waals surface area contributed by atoms with Crippen LogP contribution >= 0.6 is 11.6 Å². The third-order valence-corrected chi connectivity index (χ3v) is 3.53. The zero-order valence-electron chi connectivity index (χ0n) is 10.8. The lowest BCUT2D eigenvalue weighted by atomic mass is 9.98. The minimum atomic E-state index is 0.251. The van der Waals surface area contributed by atoms with Crippen molar-refractivity contribution in [2.45, 2.75) is 19.4 Å². The fourth-order valence-corrected chi connectivity index (χ4v) is 2.35. The van der Waals surface area contributed by atoms with Crippen molar-refractivity contribution in [1.29, 1.82) is 0 Å². The molecule has 0 fully saturated rings. The second kappa shape index (κ2) is 6.03. The molecule has 2 heteroatoms. The molecule has 1 N–H and O–H groups in total. The van der Waals surface area contributed by atoms with Gasteiger partial charge in [0.15, 0.2) is 0 Å². The van der Waals surface area contributed by atoms with E-state index in [0.717, 1.165) is 17.0 Å². The van der Waals surface area contributed by atoms with Gasteiger partial charge >= 0.3 is 0 Å². The van der Waals surface area contributed by atoms with E-state index in [1.807, 2.05) is 25.2 Å². The van der Waals surface area contributed by atoms with Crippen LogP contribution in [0, 0.1) is 6.92 Å². The van der Waals surface area contributed by atoms with Crippen LogP contribution in [0.5, 0.6) is 0 Å². The Hall–Kier alpha value is -1.31. The van der Waals surface area contributed by atoms with Gasteiger partial charge in [0.1, 0.15) is 0 Å². The average molecular weight is 260 g/mol. The van der Waals surface area contributed by atoms with E-state index >= 15 is 0 Å². The quantitative estimate of drug-likeness (QED) is 0.870. The number of nitrogens with one attached hydrogen (secondary N) is 1. The molecule has 2 rings (SSSR count). The Labute approximate surface area is 114 Å². The summed E-state index contributed by atoms with van der Waals surface area (Å²) in [5.41, 5.74) is 3.76. The van der Waals surface area contributed by atoms with Crippen LogP contribution in [0.4, 0.5) is 0 Å². The highest BCUT2D eigenvalue weighted by molar-refractivity contribution is 6.31. The highest BCUT2D eigenvalue weighted by Gasteiger charge is 2.12. The molecule has 0 aromatic heterocycles. The third-order valence-electron chi connectivity index (χ3n) is 3.19. The molecule has 0 bridgehead atoms. The third kappa shape index (κ3) is 3.12. The molecule has 1 nitrogen and oxygen atoms in total. The molecule has 2 aromatic carbocycles. The van der Waals surface area contributed by atoms with Crippen LogP contribution in [0.3, 0.4) is 0 Å². The van der Waals surface area contributed by atoms with Crippen LogP contribution in [0.1, 0.15) is 22.7 Å². The van der Waals surface area contributed by atoms with Crippen LogP contribution in [-0.4, -0.2) is 7.05 Å². The highest BCUT2D eigenvalue weighted by Crippen LogP contribution is 2.25. The summed E-state index contributed by atoms with van der Waals surface area (Å²) in [6.07, 6.45) is 0.945. The monoisotopic (exact) mass is 259 g/mol. The predicted molar refractivity (Wildman–Crippen MR) is 78.1 cm³/mol. The Morgan fingerprint density at radius 3 is 2.33 bits per heavy atom. The van der Waals surface area contributed by atoms with Crippen LogP contribution in [0.25, 0.3) is 0 Å². The molecule has 1 atom stereocenters. The zero-order valence-corrected chi connectivity index (χ0v) is 11.5. The van der Waals surface area contributed by atoms with E-state index < -0.39 is 0 Å². The Morgan fingerprint density at radius 1 is 1.06 bits per heavy atom. The molecule has 0 amide bonds. The molecular formula is C16H18ClN. The van der Waals surface area contributed by atoms with Gasteiger partial charge in [-0.1, -0.05) is 59.6 Å². The second-order valence-corrected chi connectivity index (χ2v) is 4.96. The predicted octanol–water partition coefficient (Wildman–Crippen LogP) is 4.15. The molecule has 0 saturated carbocycles. The zero-order chi connectivity index (χ0) is 13.0. The van der Waals surface area contributed by atoms with Crippen molar-refractivity contribution in [3.8, 4) is 0 Å². The van der Waals surface area contributed by atoms with Crippen molar-refractivity contribution in [3.05, 3.63) is 70.2 Å². The maximum atomic E-state index is 6.25. The molecule has 0 aliphatic carbocycles. The lowest BCUT2D eigenvalue weighted by molar-refractivity contribution is 0.592. The van der Waals surface area contributed by atoms with E-state index in [1.54, 1.807) is 0 Å². The van der Waals surface area contributed by atoms with Crippen molar-refractivity contribution in [3.63, 3.8) is 0 Å². The number of likely N-dealkylation sites (N-methyl/N-ethyl adjacent to an activating group) is 1. The van der Waals surface area contributed by atoms with Crippen molar-refractivity contribution < 1.29 is 0 Å². The number of hydrogen-bond acceptors (Lipinski definition) is 1. The summed E-state index contributed by atoms with van der Waals surface area (Å²) in [6.45, 7) is 2.10. The van der Waals surface area contributed by atoms with E-state index in [1.165, 1.54) is 11.1 Å². The van der Waals surface area contributed by atoms with Crippen LogP contribution < -0.4 is 5.32 Å². The molecule has 1 unspecified atom stereocenters. The van der Waals surface area contributed by atoms with E-state index in [-0.39, 0.29) is 6.04 Å². The van der Waals surface area contributed by atoms with Crippen molar-refractivity contribution in [1.82, 2.24) is 5.32 Å². The van der Waals surface area contributed by atoms with Gasteiger partial charge in [-0.15, -0.1) is 0 Å². The van der Waals surface area contributed by atoms with Crippen LogP contribution in [-0.2, 0) is 6.42 Å². The fourth-order valence-electron chi connectivity index (χ4n) is 2.09. The number of aryl methyl sites for hydroxylation is 1. The van der Waals surface area contributed by atoms with Gasteiger partial charge in [-0.3, -0.25) is 0 Å². The normalized spacial score (nSPS) is 12.4. The van der Waals surface area contributed by atoms with Gasteiger partial charge in [-0.2, -0.15) is 0 Å². The maximum Gasteiger partial charge on any atom is 0.0453 e. The maximum absolute atomic E-state index is 6.25. The number of rotatable bonds is 4. The molecule has 0 spiro atoms. The minimum absolute atomic E-state index is 0.251. The first-order valence-electron chi connectivity index (χ1n) is 6.18. The number of hydrogen-bond donors (Lipinski definition) is 1. The molecule has 2 aromatic rings. The van der Waals surface area contributed by atoms with Crippen LogP contribution in [0.15, 0.2) is 48.5 Å². The summed E-state index contributed by atoms with van der Waals surface area (Å²) in [5, 5.41) is 4.16. The van der Waals surface area contributed by atoms with Gasteiger partial charge in [0.05, 0.1) is 0 Å². The standard InChI is InChI=1S/C16H18ClN/c1-12-7-9-13(10-8-12)11-16(18-2)14-5-3-4-6-15(14)17/h3-10,16,18H,11H2,1-2H3. The van der Waals surface area contributed by atoms with Crippen LogP contribution in [0.2, 0.25) is 5.02 Å². The topological polar surface area (TPSA) is 12.0 Å². The molecule has 18 heavy (non-hydrogen) atoms. The van der Waals surface area contributed by atoms with Crippen molar-refractivity contribution in [2.75, 3.05) is 7.05 Å². The number of halogens is 1. The van der Waals surface area contributed by atoms with Gasteiger partial charge in [-0.05, 0) is 37.6 Å². The Bertz CT molecular complexity index is 505. The molecule has 0 heterocycles. The lowest BCUT2D eigenvalue weighted by Gasteiger charge is -2.18. The van der Waals surface area contributed by atoms with Gasteiger partial charge in [0, 0.05) is 11.1 Å². The van der Waals surface area contributed by atoms with Gasteiger partial charge in [0.25, 0.3) is 0 Å². The Balaban J connectivity index is 2.20. The molecule has 0 radical (unpaired) electrons. The van der Waals surface area contributed by atoms with E-state index in [4.69, 9.17) is 11.6 Å². The molecule has 0 aliphatic rings. The van der Waals surface area contributed by atoms with Gasteiger partial charge < -0.3 is 5.32 Å². The summed E-state index contributed by atoms with van der Waals surface area (Å²) in [5.74, 6) is 0. The minimum Gasteiger partial charge on any atom is -0.313 e. The first-order valence-corrected chi connectivity index (χ1v) is 6.55. The summed E-state index contributed by atoms with van der Waals surface area (Å²) in [7, 11) is 1.97. The van der Waals surface area contributed by atoms with E-state index in [2.05, 4.69) is 42.6 Å². The van der Waals surface area contributed by atoms with Crippen molar-refractivity contribution in [2.24, 2.45) is 0 Å². The molecule has 0 aliphatic heterocycles. The number of benzene rings is 2. The lowest BCUT2D eigenvalue weighted by Crippen LogP contribution is -2.19. The summed E-state index contributed by atoms with van der Waals surface area (Å²) < 4.78 is 0.